The molecule has 0 aromatic heterocycles. The number of hydrogen-bond donors (Lipinski definition) is 0. The molecule has 0 radical (unpaired) electrons. The Kier molecular flexibility index (Phi) is 6.29. The minimum absolute atomic E-state index is 0.755. The summed E-state index contributed by atoms with van der Waals surface area (Å²) in [5.74, 6) is 0. The first-order chi connectivity index (χ1) is 4.85. The fraction of sp³-hybridized carbons (Fsp3) is 0.750. The molecule has 0 saturated carbocycles. The zero-order chi connectivity index (χ0) is 7.82. The lowest BCUT2D eigenvalue weighted by atomic mass is 10.5. The summed E-state index contributed by atoms with van der Waals surface area (Å²) in [6.07, 6.45) is 1.49. The Balaban J connectivity index is 3.16. The summed E-state index contributed by atoms with van der Waals surface area (Å²) in [6, 6.07) is 0. The monoisotopic (exact) mass is 143 g/mol. The van der Waals surface area contributed by atoms with E-state index < -0.39 is 0 Å². The standard InChI is InChI=1S/C8H17NO/c1-4-9(5-2)7-8-10-6-3/h6H,3-5,7-8H2,1-2H3. The van der Waals surface area contributed by atoms with Crippen LogP contribution in [-0.4, -0.2) is 31.1 Å². The Morgan fingerprint density at radius 3 is 2.40 bits per heavy atom. The minimum atomic E-state index is 0.755. The molecule has 2 nitrogen and oxygen atoms in total. The molecular weight excluding hydrogens is 126 g/mol. The summed E-state index contributed by atoms with van der Waals surface area (Å²) >= 11 is 0. The Morgan fingerprint density at radius 1 is 1.40 bits per heavy atom. The van der Waals surface area contributed by atoms with Crippen molar-refractivity contribution in [3.8, 4) is 0 Å². The lowest BCUT2D eigenvalue weighted by Gasteiger charge is -2.16. The van der Waals surface area contributed by atoms with Crippen molar-refractivity contribution in [3.05, 3.63) is 12.8 Å². The highest BCUT2D eigenvalue weighted by molar-refractivity contribution is 4.53. The Bertz CT molecular complexity index is 79.3. The van der Waals surface area contributed by atoms with E-state index in [0.717, 1.165) is 26.2 Å². The summed E-state index contributed by atoms with van der Waals surface area (Å²) in [5, 5.41) is 0. The molecule has 2 heteroatoms. The normalized spacial score (nSPS) is 9.90. The van der Waals surface area contributed by atoms with Crippen LogP contribution in [0.2, 0.25) is 0 Å². The zero-order valence-electron chi connectivity index (χ0n) is 6.97. The van der Waals surface area contributed by atoms with Crippen LogP contribution in [-0.2, 0) is 4.74 Å². The van der Waals surface area contributed by atoms with Gasteiger partial charge in [0.05, 0.1) is 12.9 Å². The Hall–Kier alpha value is -0.500. The van der Waals surface area contributed by atoms with Crippen molar-refractivity contribution in [2.24, 2.45) is 0 Å². The summed E-state index contributed by atoms with van der Waals surface area (Å²) in [7, 11) is 0. The highest BCUT2D eigenvalue weighted by Crippen LogP contribution is 1.86. The smallest absolute Gasteiger partial charge is 0.0999 e. The SMILES string of the molecule is C=COCCN(CC)CC. The van der Waals surface area contributed by atoms with E-state index in [9.17, 15) is 0 Å². The summed E-state index contributed by atoms with van der Waals surface area (Å²) in [4.78, 5) is 2.31. The number of nitrogens with zero attached hydrogens (tertiary/aromatic N) is 1. The molecule has 0 aromatic carbocycles. The topological polar surface area (TPSA) is 12.5 Å². The Labute approximate surface area is 63.5 Å². The number of rotatable bonds is 6. The third-order valence-corrected chi connectivity index (χ3v) is 1.54. The van der Waals surface area contributed by atoms with Crippen LogP contribution in [0.15, 0.2) is 12.8 Å². The molecule has 0 aliphatic carbocycles. The van der Waals surface area contributed by atoms with E-state index in [1.807, 2.05) is 0 Å². The van der Waals surface area contributed by atoms with Gasteiger partial charge in [-0.3, -0.25) is 0 Å². The van der Waals surface area contributed by atoms with Gasteiger partial charge >= 0.3 is 0 Å². The second kappa shape index (κ2) is 6.62. The molecular formula is C8H17NO. The number of hydrogen-bond acceptors (Lipinski definition) is 2. The van der Waals surface area contributed by atoms with E-state index in [1.54, 1.807) is 0 Å². The average Bonchev–Trinajstić information content (AvgIpc) is 1.99. The zero-order valence-corrected chi connectivity index (χ0v) is 6.97. The maximum Gasteiger partial charge on any atom is 0.0999 e. The van der Waals surface area contributed by atoms with Crippen molar-refractivity contribution >= 4 is 0 Å². The van der Waals surface area contributed by atoms with E-state index in [1.165, 1.54) is 6.26 Å². The molecule has 10 heavy (non-hydrogen) atoms. The fourth-order valence-corrected chi connectivity index (χ4v) is 0.805. The molecule has 0 fully saturated rings. The predicted octanol–water partition coefficient (Wildman–Crippen LogP) is 1.49. The van der Waals surface area contributed by atoms with Gasteiger partial charge < -0.3 is 9.64 Å². The first kappa shape index (κ1) is 9.50. The molecule has 0 unspecified atom stereocenters. The van der Waals surface area contributed by atoms with Crippen LogP contribution in [0.25, 0.3) is 0 Å². The van der Waals surface area contributed by atoms with Gasteiger partial charge in [-0.1, -0.05) is 20.4 Å². The second-order valence-electron chi connectivity index (χ2n) is 2.06. The van der Waals surface area contributed by atoms with E-state index in [2.05, 4.69) is 25.3 Å². The maximum absolute atomic E-state index is 4.99. The van der Waals surface area contributed by atoms with Crippen molar-refractivity contribution in [1.82, 2.24) is 4.90 Å². The van der Waals surface area contributed by atoms with Gasteiger partial charge in [-0.05, 0) is 13.1 Å². The van der Waals surface area contributed by atoms with Gasteiger partial charge in [-0.2, -0.15) is 0 Å². The van der Waals surface area contributed by atoms with E-state index in [4.69, 9.17) is 4.74 Å². The van der Waals surface area contributed by atoms with Gasteiger partial charge in [0.2, 0.25) is 0 Å². The van der Waals surface area contributed by atoms with Gasteiger partial charge in [-0.15, -0.1) is 0 Å². The molecule has 0 N–H and O–H groups in total. The third kappa shape index (κ3) is 4.39. The molecule has 0 rings (SSSR count). The molecule has 0 bridgehead atoms. The summed E-state index contributed by atoms with van der Waals surface area (Å²) < 4.78 is 4.99. The van der Waals surface area contributed by atoms with Gasteiger partial charge in [0, 0.05) is 6.54 Å². The molecule has 60 valence electrons. The molecule has 0 heterocycles. The molecule has 0 saturated heterocycles. The van der Waals surface area contributed by atoms with Crippen LogP contribution < -0.4 is 0 Å². The Morgan fingerprint density at radius 2 is 2.00 bits per heavy atom. The molecule has 0 aliphatic rings. The fourth-order valence-electron chi connectivity index (χ4n) is 0.805. The molecule has 0 amide bonds. The van der Waals surface area contributed by atoms with Crippen molar-refractivity contribution < 1.29 is 4.74 Å². The molecule has 0 aromatic rings. The van der Waals surface area contributed by atoms with Crippen LogP contribution in [0.5, 0.6) is 0 Å². The third-order valence-electron chi connectivity index (χ3n) is 1.54. The van der Waals surface area contributed by atoms with Gasteiger partial charge in [-0.25, -0.2) is 0 Å². The molecule has 0 aliphatic heterocycles. The summed E-state index contributed by atoms with van der Waals surface area (Å²) in [5.41, 5.74) is 0. The quantitative estimate of drug-likeness (QED) is 0.412. The molecule has 0 atom stereocenters. The van der Waals surface area contributed by atoms with Crippen molar-refractivity contribution in [2.45, 2.75) is 13.8 Å². The first-order valence-electron chi connectivity index (χ1n) is 3.80. The maximum atomic E-state index is 4.99. The van der Waals surface area contributed by atoms with Gasteiger partial charge in [0.15, 0.2) is 0 Å². The van der Waals surface area contributed by atoms with Crippen LogP contribution in [0.1, 0.15) is 13.8 Å². The average molecular weight is 143 g/mol. The van der Waals surface area contributed by atoms with Crippen molar-refractivity contribution in [3.63, 3.8) is 0 Å². The van der Waals surface area contributed by atoms with Gasteiger partial charge in [0.25, 0.3) is 0 Å². The van der Waals surface area contributed by atoms with Crippen LogP contribution >= 0.6 is 0 Å². The second-order valence-corrected chi connectivity index (χ2v) is 2.06. The van der Waals surface area contributed by atoms with Crippen LogP contribution in [0, 0.1) is 0 Å². The van der Waals surface area contributed by atoms with Gasteiger partial charge in [0.1, 0.15) is 0 Å². The van der Waals surface area contributed by atoms with Crippen LogP contribution in [0.3, 0.4) is 0 Å². The summed E-state index contributed by atoms with van der Waals surface area (Å²) in [6.45, 7) is 11.7. The van der Waals surface area contributed by atoms with E-state index in [-0.39, 0.29) is 0 Å². The highest BCUT2D eigenvalue weighted by Gasteiger charge is 1.95. The lowest BCUT2D eigenvalue weighted by Crippen LogP contribution is -2.26. The van der Waals surface area contributed by atoms with Crippen LogP contribution in [0.4, 0.5) is 0 Å². The number of ether oxygens (including phenoxy) is 1. The lowest BCUT2D eigenvalue weighted by molar-refractivity contribution is 0.187. The van der Waals surface area contributed by atoms with E-state index >= 15 is 0 Å². The van der Waals surface area contributed by atoms with Crippen molar-refractivity contribution in [2.75, 3.05) is 26.2 Å². The van der Waals surface area contributed by atoms with Crippen molar-refractivity contribution in [1.29, 1.82) is 0 Å². The molecule has 0 spiro atoms. The predicted molar refractivity (Wildman–Crippen MR) is 43.9 cm³/mol. The van der Waals surface area contributed by atoms with E-state index in [0.29, 0.717) is 0 Å². The highest BCUT2D eigenvalue weighted by atomic mass is 16.5. The minimum Gasteiger partial charge on any atom is -0.500 e. The number of likely N-dealkylation sites (N-methyl/N-ethyl adjacent to an activating group) is 1. The largest absolute Gasteiger partial charge is 0.500 e. The first-order valence-corrected chi connectivity index (χ1v) is 3.80.